The summed E-state index contributed by atoms with van der Waals surface area (Å²) in [7, 11) is 0. The van der Waals surface area contributed by atoms with Crippen molar-refractivity contribution in [1.29, 1.82) is 5.41 Å². The Morgan fingerprint density at radius 1 is 1.17 bits per heavy atom. The molecule has 0 aliphatic carbocycles. The maximum absolute atomic E-state index is 7.83. The molecule has 0 amide bonds. The van der Waals surface area contributed by atoms with E-state index in [-0.39, 0.29) is 0 Å². The van der Waals surface area contributed by atoms with E-state index in [9.17, 15) is 0 Å². The third-order valence-corrected chi connectivity index (χ3v) is 1.91. The minimum absolute atomic E-state index is 0.448. The Balaban J connectivity index is 4.20. The predicted octanol–water partition coefficient (Wildman–Crippen LogP) is 2.88. The van der Waals surface area contributed by atoms with Gasteiger partial charge in [0.15, 0.2) is 0 Å². The molecule has 0 fully saturated rings. The van der Waals surface area contributed by atoms with Gasteiger partial charge in [-0.05, 0) is 34.1 Å². The summed E-state index contributed by atoms with van der Waals surface area (Å²) in [4.78, 5) is 2.17. The minimum Gasteiger partial charge on any atom is -0.356 e. The first-order valence-electron chi connectivity index (χ1n) is 4.86. The summed E-state index contributed by atoms with van der Waals surface area (Å²) in [6.45, 7) is 10.7. The number of rotatable bonds is 4. The summed E-state index contributed by atoms with van der Waals surface area (Å²) in [6.07, 6.45) is 1.96. The van der Waals surface area contributed by atoms with Crippen LogP contribution in [0, 0.1) is 5.41 Å². The van der Waals surface area contributed by atoms with Gasteiger partial charge in [0.1, 0.15) is 0 Å². The van der Waals surface area contributed by atoms with Crippen molar-refractivity contribution in [2.24, 2.45) is 0 Å². The zero-order valence-electron chi connectivity index (χ0n) is 9.02. The maximum Gasteiger partial charge on any atom is 0.0962 e. The monoisotopic (exact) mass is 170 g/mol. The first-order chi connectivity index (χ1) is 5.50. The number of hydrogen-bond acceptors (Lipinski definition) is 1. The van der Waals surface area contributed by atoms with Gasteiger partial charge in [-0.15, -0.1) is 0 Å². The van der Waals surface area contributed by atoms with E-state index in [1.807, 2.05) is 0 Å². The van der Waals surface area contributed by atoms with Crippen molar-refractivity contribution in [3.05, 3.63) is 0 Å². The quantitative estimate of drug-likeness (QED) is 0.510. The van der Waals surface area contributed by atoms with Crippen LogP contribution >= 0.6 is 0 Å². The van der Waals surface area contributed by atoms with Gasteiger partial charge >= 0.3 is 0 Å². The Bertz CT molecular complexity index is 131. The van der Waals surface area contributed by atoms with E-state index in [2.05, 4.69) is 39.5 Å². The summed E-state index contributed by atoms with van der Waals surface area (Å²) < 4.78 is 0. The average molecular weight is 170 g/mol. The molecule has 0 radical (unpaired) electrons. The standard InChI is InChI=1S/C10H22N2/c1-6-7-10(11)12(8(2)3)9(4)5/h8-9,11H,6-7H2,1-5H3. The van der Waals surface area contributed by atoms with Crippen LogP contribution in [0.15, 0.2) is 0 Å². The molecule has 0 saturated heterocycles. The molecule has 0 bridgehead atoms. The molecule has 0 aromatic rings. The first-order valence-corrected chi connectivity index (χ1v) is 4.86. The average Bonchev–Trinajstić information content (AvgIpc) is 1.85. The SMILES string of the molecule is CCCC(=N)N(C(C)C)C(C)C. The Hall–Kier alpha value is -0.530. The van der Waals surface area contributed by atoms with Gasteiger partial charge in [-0.2, -0.15) is 0 Å². The van der Waals surface area contributed by atoms with Crippen molar-refractivity contribution in [1.82, 2.24) is 4.90 Å². The van der Waals surface area contributed by atoms with Crippen LogP contribution in [0.5, 0.6) is 0 Å². The second-order valence-electron chi connectivity index (χ2n) is 3.79. The Kier molecular flexibility index (Phi) is 4.95. The molecule has 0 aliphatic heterocycles. The van der Waals surface area contributed by atoms with Crippen LogP contribution in [0.3, 0.4) is 0 Å². The predicted molar refractivity (Wildman–Crippen MR) is 54.7 cm³/mol. The van der Waals surface area contributed by atoms with Gasteiger partial charge in [-0.1, -0.05) is 6.92 Å². The zero-order valence-corrected chi connectivity index (χ0v) is 9.02. The summed E-state index contributed by atoms with van der Waals surface area (Å²) >= 11 is 0. The van der Waals surface area contributed by atoms with Gasteiger partial charge in [0, 0.05) is 18.5 Å². The van der Waals surface area contributed by atoms with E-state index in [0.717, 1.165) is 18.7 Å². The van der Waals surface area contributed by atoms with E-state index in [1.54, 1.807) is 0 Å². The molecule has 0 aromatic heterocycles. The van der Waals surface area contributed by atoms with Crippen molar-refractivity contribution in [3.63, 3.8) is 0 Å². The molecule has 72 valence electrons. The molecule has 0 unspecified atom stereocenters. The first kappa shape index (κ1) is 11.5. The van der Waals surface area contributed by atoms with Gasteiger partial charge in [-0.25, -0.2) is 0 Å². The lowest BCUT2D eigenvalue weighted by atomic mass is 10.2. The summed E-state index contributed by atoms with van der Waals surface area (Å²) in [5.41, 5.74) is 0. The van der Waals surface area contributed by atoms with Gasteiger partial charge in [-0.3, -0.25) is 5.41 Å². The molecule has 1 N–H and O–H groups in total. The molecule has 0 heterocycles. The molecule has 0 saturated carbocycles. The van der Waals surface area contributed by atoms with Crippen LogP contribution in [-0.2, 0) is 0 Å². The van der Waals surface area contributed by atoms with Crippen LogP contribution < -0.4 is 0 Å². The van der Waals surface area contributed by atoms with Crippen molar-refractivity contribution < 1.29 is 0 Å². The fraction of sp³-hybridized carbons (Fsp3) is 0.900. The summed E-state index contributed by atoms with van der Waals surface area (Å²) in [5, 5.41) is 7.83. The van der Waals surface area contributed by atoms with E-state index >= 15 is 0 Å². The van der Waals surface area contributed by atoms with Crippen LogP contribution in [0.2, 0.25) is 0 Å². The second kappa shape index (κ2) is 5.18. The van der Waals surface area contributed by atoms with Crippen molar-refractivity contribution >= 4 is 5.84 Å². The van der Waals surface area contributed by atoms with E-state index in [0.29, 0.717) is 12.1 Å². The normalized spacial score (nSPS) is 10.9. The molecule has 0 aliphatic rings. The van der Waals surface area contributed by atoms with Crippen molar-refractivity contribution in [2.45, 2.75) is 59.5 Å². The highest BCUT2D eigenvalue weighted by Crippen LogP contribution is 2.08. The lowest BCUT2D eigenvalue weighted by molar-refractivity contribution is 0.284. The Labute approximate surface area is 76.5 Å². The fourth-order valence-electron chi connectivity index (χ4n) is 1.59. The second-order valence-corrected chi connectivity index (χ2v) is 3.79. The smallest absolute Gasteiger partial charge is 0.0962 e. The molecule has 2 heteroatoms. The lowest BCUT2D eigenvalue weighted by Gasteiger charge is -2.33. The zero-order chi connectivity index (χ0) is 9.72. The van der Waals surface area contributed by atoms with Gasteiger partial charge < -0.3 is 4.90 Å². The fourth-order valence-corrected chi connectivity index (χ4v) is 1.59. The van der Waals surface area contributed by atoms with Crippen LogP contribution in [0.1, 0.15) is 47.5 Å². The molecule has 0 rings (SSSR count). The van der Waals surface area contributed by atoms with Crippen LogP contribution in [0.25, 0.3) is 0 Å². The Morgan fingerprint density at radius 3 is 1.83 bits per heavy atom. The number of hydrogen-bond donors (Lipinski definition) is 1. The number of nitrogens with zero attached hydrogens (tertiary/aromatic N) is 1. The maximum atomic E-state index is 7.83. The molecule has 0 aromatic carbocycles. The van der Waals surface area contributed by atoms with Crippen molar-refractivity contribution in [2.75, 3.05) is 0 Å². The highest BCUT2D eigenvalue weighted by atomic mass is 15.2. The molecule has 2 nitrogen and oxygen atoms in total. The molecular formula is C10H22N2. The largest absolute Gasteiger partial charge is 0.356 e. The number of amidine groups is 1. The summed E-state index contributed by atoms with van der Waals surface area (Å²) in [5.74, 6) is 0.780. The Morgan fingerprint density at radius 2 is 1.58 bits per heavy atom. The number of nitrogens with one attached hydrogen (secondary N) is 1. The molecular weight excluding hydrogens is 148 g/mol. The molecule has 0 atom stereocenters. The van der Waals surface area contributed by atoms with Crippen molar-refractivity contribution in [3.8, 4) is 0 Å². The van der Waals surface area contributed by atoms with Gasteiger partial charge in [0.2, 0.25) is 0 Å². The molecule has 0 spiro atoms. The topological polar surface area (TPSA) is 27.1 Å². The van der Waals surface area contributed by atoms with E-state index in [4.69, 9.17) is 5.41 Å². The van der Waals surface area contributed by atoms with Gasteiger partial charge in [0.05, 0.1) is 5.84 Å². The highest BCUT2D eigenvalue weighted by molar-refractivity contribution is 5.79. The third kappa shape index (κ3) is 3.24. The van der Waals surface area contributed by atoms with E-state index in [1.165, 1.54) is 0 Å². The minimum atomic E-state index is 0.448. The lowest BCUT2D eigenvalue weighted by Crippen LogP contribution is -2.41. The third-order valence-electron chi connectivity index (χ3n) is 1.91. The summed E-state index contributed by atoms with van der Waals surface area (Å²) in [6, 6.07) is 0.896. The highest BCUT2D eigenvalue weighted by Gasteiger charge is 2.15. The van der Waals surface area contributed by atoms with Crippen LogP contribution in [-0.4, -0.2) is 22.8 Å². The van der Waals surface area contributed by atoms with Crippen LogP contribution in [0.4, 0.5) is 0 Å². The van der Waals surface area contributed by atoms with E-state index < -0.39 is 0 Å². The molecule has 12 heavy (non-hydrogen) atoms. The van der Waals surface area contributed by atoms with Gasteiger partial charge in [0.25, 0.3) is 0 Å².